The van der Waals surface area contributed by atoms with Crippen molar-refractivity contribution in [1.82, 2.24) is 0 Å². The van der Waals surface area contributed by atoms with Crippen LogP contribution in [0.4, 0.5) is 57.1 Å². The molecule has 0 amide bonds. The summed E-state index contributed by atoms with van der Waals surface area (Å²) >= 11 is 0. The zero-order chi connectivity index (χ0) is 19.8. The van der Waals surface area contributed by atoms with Crippen molar-refractivity contribution in [2.24, 2.45) is 5.41 Å². The van der Waals surface area contributed by atoms with E-state index in [2.05, 4.69) is 11.3 Å². The summed E-state index contributed by atoms with van der Waals surface area (Å²) in [5, 5.41) is 0. The van der Waals surface area contributed by atoms with Gasteiger partial charge in [0.2, 0.25) is 0 Å². The summed E-state index contributed by atoms with van der Waals surface area (Å²) in [7, 11) is 0. The van der Waals surface area contributed by atoms with Gasteiger partial charge in [-0.25, -0.2) is 0 Å². The summed E-state index contributed by atoms with van der Waals surface area (Å²) in [4.78, 5) is 0. The van der Waals surface area contributed by atoms with Gasteiger partial charge in [0.25, 0.3) is 5.41 Å². The van der Waals surface area contributed by atoms with Crippen molar-refractivity contribution >= 4 is 0 Å². The number of hydrogen-bond acceptors (Lipinski definition) is 1. The minimum absolute atomic E-state index is 0.470. The maximum absolute atomic E-state index is 13.4. The van der Waals surface area contributed by atoms with Gasteiger partial charge in [-0.2, -0.15) is 57.1 Å². The van der Waals surface area contributed by atoms with Crippen LogP contribution in [-0.2, 0) is 4.74 Å². The van der Waals surface area contributed by atoms with Crippen LogP contribution in [0, 0.1) is 5.41 Å². The van der Waals surface area contributed by atoms with Crippen LogP contribution in [0.5, 0.6) is 0 Å². The molecule has 0 aromatic rings. The monoisotopic (exact) mass is 390 g/mol. The fourth-order valence-electron chi connectivity index (χ4n) is 1.51. The van der Waals surface area contributed by atoms with Gasteiger partial charge in [-0.3, -0.25) is 0 Å². The highest BCUT2D eigenvalue weighted by molar-refractivity contribution is 5.11. The summed E-state index contributed by atoms with van der Waals surface area (Å²) in [6, 6.07) is 0. The molecule has 0 saturated carbocycles. The lowest BCUT2D eigenvalue weighted by Crippen LogP contribution is -2.71. The lowest BCUT2D eigenvalue weighted by Gasteiger charge is -2.44. The molecular formula is C10H7F13O. The summed E-state index contributed by atoms with van der Waals surface area (Å²) in [5.41, 5.74) is -6.81. The van der Waals surface area contributed by atoms with Gasteiger partial charge in [0, 0.05) is 0 Å². The summed E-state index contributed by atoms with van der Waals surface area (Å²) in [6.07, 6.45) is -21.4. The minimum Gasteiger partial charge on any atom is -0.376 e. The lowest BCUT2D eigenvalue weighted by molar-refractivity contribution is -0.465. The zero-order valence-corrected chi connectivity index (χ0v) is 11.0. The van der Waals surface area contributed by atoms with Crippen molar-refractivity contribution in [2.75, 3.05) is 13.2 Å². The molecule has 14 heteroatoms. The maximum Gasteiger partial charge on any atom is 0.459 e. The highest BCUT2D eigenvalue weighted by atomic mass is 19.4. The van der Waals surface area contributed by atoms with E-state index in [0.717, 1.165) is 0 Å². The SMILES string of the molecule is C=CCOCC(C(F)(F)F)(C(F)(F)F)C(F)(F)C(F)(F)C(F)(F)F. The van der Waals surface area contributed by atoms with Crippen LogP contribution in [0.1, 0.15) is 0 Å². The van der Waals surface area contributed by atoms with Crippen LogP contribution in [-0.4, -0.2) is 43.6 Å². The average Bonchev–Trinajstić information content (AvgIpc) is 2.29. The Morgan fingerprint density at radius 1 is 0.625 bits per heavy atom. The van der Waals surface area contributed by atoms with Crippen LogP contribution >= 0.6 is 0 Å². The minimum atomic E-state index is -7.66. The molecule has 0 spiro atoms. The van der Waals surface area contributed by atoms with E-state index in [1.165, 1.54) is 0 Å². The van der Waals surface area contributed by atoms with Gasteiger partial charge < -0.3 is 4.74 Å². The first kappa shape index (κ1) is 22.8. The van der Waals surface area contributed by atoms with Crippen molar-refractivity contribution in [3.05, 3.63) is 12.7 Å². The summed E-state index contributed by atoms with van der Waals surface area (Å²) in [5.74, 6) is -15.3. The highest BCUT2D eigenvalue weighted by Crippen LogP contribution is 2.65. The highest BCUT2D eigenvalue weighted by Gasteiger charge is 2.92. The first-order chi connectivity index (χ1) is 10.3. The fraction of sp³-hybridized carbons (Fsp3) is 0.800. The number of halogens is 13. The number of rotatable bonds is 6. The predicted octanol–water partition coefficient (Wildman–Crippen LogP) is 5.13. The van der Waals surface area contributed by atoms with Crippen LogP contribution in [0.15, 0.2) is 12.7 Å². The van der Waals surface area contributed by atoms with E-state index in [9.17, 15) is 57.1 Å². The van der Waals surface area contributed by atoms with Crippen LogP contribution in [0.25, 0.3) is 0 Å². The first-order valence-electron chi connectivity index (χ1n) is 5.45. The molecule has 0 aromatic carbocycles. The Kier molecular flexibility index (Phi) is 5.94. The molecule has 24 heavy (non-hydrogen) atoms. The Bertz CT molecular complexity index is 427. The van der Waals surface area contributed by atoms with Crippen molar-refractivity contribution < 1.29 is 61.8 Å². The topological polar surface area (TPSA) is 9.23 Å². The molecule has 1 nitrogen and oxygen atoms in total. The number of alkyl halides is 13. The quantitative estimate of drug-likeness (QED) is 0.347. The summed E-state index contributed by atoms with van der Waals surface area (Å²) in [6.45, 7) is -1.73. The number of hydrogen-bond donors (Lipinski definition) is 0. The van der Waals surface area contributed by atoms with Crippen LogP contribution in [0.3, 0.4) is 0 Å². The third-order valence-corrected chi connectivity index (χ3v) is 2.81. The van der Waals surface area contributed by atoms with Gasteiger partial charge >= 0.3 is 30.4 Å². The maximum atomic E-state index is 13.4. The molecule has 0 aliphatic heterocycles. The van der Waals surface area contributed by atoms with E-state index < -0.39 is 49.0 Å². The Morgan fingerprint density at radius 3 is 1.25 bits per heavy atom. The molecule has 144 valence electrons. The molecule has 0 aliphatic rings. The molecule has 0 aromatic heterocycles. The summed E-state index contributed by atoms with van der Waals surface area (Å²) < 4.78 is 168. The standard InChI is InChI=1S/C10H7F13O/c1-2-3-24-4-5(8(15,16)17,9(18,19)20)6(11,12)7(13,14)10(21,22)23/h2H,1,3-4H2. The number of ether oxygens (including phenoxy) is 1. The Hall–Kier alpha value is -1.21. The Balaban J connectivity index is 6.64. The van der Waals surface area contributed by atoms with E-state index in [1.54, 1.807) is 0 Å². The van der Waals surface area contributed by atoms with Gasteiger partial charge in [0.15, 0.2) is 0 Å². The second-order valence-electron chi connectivity index (χ2n) is 4.35. The van der Waals surface area contributed by atoms with Crippen molar-refractivity contribution in [3.63, 3.8) is 0 Å². The van der Waals surface area contributed by atoms with E-state index >= 15 is 0 Å². The molecule has 0 rings (SSSR count). The van der Waals surface area contributed by atoms with E-state index in [0.29, 0.717) is 6.08 Å². The molecule has 0 unspecified atom stereocenters. The van der Waals surface area contributed by atoms with Crippen molar-refractivity contribution in [1.29, 1.82) is 0 Å². The molecule has 0 N–H and O–H groups in total. The van der Waals surface area contributed by atoms with E-state index in [-0.39, 0.29) is 0 Å². The first-order valence-corrected chi connectivity index (χ1v) is 5.45. The fourth-order valence-corrected chi connectivity index (χ4v) is 1.51. The van der Waals surface area contributed by atoms with Gasteiger partial charge in [0.1, 0.15) is 0 Å². The van der Waals surface area contributed by atoms with Gasteiger partial charge in [-0.15, -0.1) is 6.58 Å². The van der Waals surface area contributed by atoms with Gasteiger partial charge in [0.05, 0.1) is 13.2 Å². The molecule has 0 radical (unpaired) electrons. The smallest absolute Gasteiger partial charge is 0.376 e. The average molecular weight is 390 g/mol. The Morgan fingerprint density at radius 2 is 1.00 bits per heavy atom. The molecule has 0 atom stereocenters. The van der Waals surface area contributed by atoms with Crippen molar-refractivity contribution in [3.8, 4) is 0 Å². The lowest BCUT2D eigenvalue weighted by atomic mass is 9.76. The van der Waals surface area contributed by atoms with Crippen LogP contribution in [0.2, 0.25) is 0 Å². The van der Waals surface area contributed by atoms with E-state index in [1.807, 2.05) is 0 Å². The zero-order valence-electron chi connectivity index (χ0n) is 11.0. The Labute approximate surface area is 125 Å². The molecular weight excluding hydrogens is 383 g/mol. The molecule has 0 fully saturated rings. The molecule has 0 heterocycles. The van der Waals surface area contributed by atoms with Crippen LogP contribution < -0.4 is 0 Å². The molecule has 0 bridgehead atoms. The molecule has 0 saturated heterocycles. The van der Waals surface area contributed by atoms with E-state index in [4.69, 9.17) is 0 Å². The predicted molar refractivity (Wildman–Crippen MR) is 51.5 cm³/mol. The van der Waals surface area contributed by atoms with Crippen molar-refractivity contribution in [2.45, 2.75) is 30.4 Å². The normalized spacial score (nSPS) is 15.5. The van der Waals surface area contributed by atoms with Gasteiger partial charge in [-0.05, 0) is 0 Å². The largest absolute Gasteiger partial charge is 0.459 e. The third-order valence-electron chi connectivity index (χ3n) is 2.81. The second kappa shape index (κ2) is 6.26. The second-order valence-corrected chi connectivity index (χ2v) is 4.35. The van der Waals surface area contributed by atoms with Gasteiger partial charge in [-0.1, -0.05) is 6.08 Å². The molecule has 0 aliphatic carbocycles. The third kappa shape index (κ3) is 3.28.